The largest absolute Gasteiger partial charge is 0.302 e. The number of hydrogen-bond donors (Lipinski definition) is 0. The zero-order chi connectivity index (χ0) is 12.5. The molecule has 0 unspecified atom stereocenters. The van der Waals surface area contributed by atoms with Crippen molar-refractivity contribution >= 4 is 21.4 Å². The van der Waals surface area contributed by atoms with Gasteiger partial charge in [0.25, 0.3) is 0 Å². The molecule has 0 amide bonds. The van der Waals surface area contributed by atoms with Crippen LogP contribution in [0, 0.1) is 6.92 Å². The average Bonchev–Trinajstić information content (AvgIpc) is 2.77. The number of hydrogen-bond acceptors (Lipinski definition) is 1. The number of halogens is 1. The van der Waals surface area contributed by atoms with Crippen LogP contribution in [0.3, 0.4) is 0 Å². The maximum absolute atomic E-state index is 4.53. The van der Waals surface area contributed by atoms with Crippen LogP contribution in [0.25, 0.3) is 5.52 Å². The molecule has 2 heterocycles. The van der Waals surface area contributed by atoms with Crippen molar-refractivity contribution in [1.29, 1.82) is 0 Å². The van der Waals surface area contributed by atoms with Crippen LogP contribution in [-0.2, 0) is 6.42 Å². The molecule has 0 N–H and O–H groups in total. The van der Waals surface area contributed by atoms with Gasteiger partial charge in [-0.1, -0.05) is 24.3 Å². The summed E-state index contributed by atoms with van der Waals surface area (Å²) in [6.45, 7) is 2.14. The van der Waals surface area contributed by atoms with E-state index in [1.54, 1.807) is 0 Å². The molecule has 1 aromatic carbocycles. The summed E-state index contributed by atoms with van der Waals surface area (Å²) in [4.78, 5) is 4.53. The van der Waals surface area contributed by atoms with Gasteiger partial charge < -0.3 is 4.40 Å². The van der Waals surface area contributed by atoms with Crippen molar-refractivity contribution in [3.05, 3.63) is 70.2 Å². The number of rotatable bonds is 2. The smallest absolute Gasteiger partial charge is 0.117 e. The molecule has 90 valence electrons. The fraction of sp³-hybridized carbons (Fsp3) is 0.133. The van der Waals surface area contributed by atoms with Crippen LogP contribution < -0.4 is 0 Å². The van der Waals surface area contributed by atoms with E-state index in [4.69, 9.17) is 0 Å². The van der Waals surface area contributed by atoms with E-state index in [0.717, 1.165) is 22.2 Å². The Morgan fingerprint density at radius 1 is 1.17 bits per heavy atom. The van der Waals surface area contributed by atoms with Crippen molar-refractivity contribution in [1.82, 2.24) is 9.38 Å². The molecule has 0 spiro atoms. The van der Waals surface area contributed by atoms with Crippen LogP contribution >= 0.6 is 15.9 Å². The third kappa shape index (κ3) is 1.95. The molecule has 0 fully saturated rings. The number of imidazole rings is 1. The van der Waals surface area contributed by atoms with E-state index in [2.05, 4.69) is 62.7 Å². The second-order valence-corrected chi connectivity index (χ2v) is 5.24. The molecule has 3 aromatic rings. The topological polar surface area (TPSA) is 17.3 Å². The summed E-state index contributed by atoms with van der Waals surface area (Å²) in [5, 5.41) is 0. The maximum Gasteiger partial charge on any atom is 0.117 e. The van der Waals surface area contributed by atoms with Gasteiger partial charge in [0.05, 0.1) is 11.7 Å². The van der Waals surface area contributed by atoms with Crippen LogP contribution in [0.4, 0.5) is 0 Å². The normalized spacial score (nSPS) is 11.0. The number of fused-ring (bicyclic) bond motifs is 1. The molecule has 18 heavy (non-hydrogen) atoms. The van der Waals surface area contributed by atoms with E-state index < -0.39 is 0 Å². The monoisotopic (exact) mass is 300 g/mol. The van der Waals surface area contributed by atoms with Crippen molar-refractivity contribution in [3.63, 3.8) is 0 Å². The first kappa shape index (κ1) is 11.5. The summed E-state index contributed by atoms with van der Waals surface area (Å²) in [7, 11) is 0. The van der Waals surface area contributed by atoms with E-state index >= 15 is 0 Å². The van der Waals surface area contributed by atoms with E-state index in [9.17, 15) is 0 Å². The summed E-state index contributed by atoms with van der Waals surface area (Å²) in [6.07, 6.45) is 4.83. The van der Waals surface area contributed by atoms with E-state index in [1.807, 2.05) is 18.3 Å². The fourth-order valence-electron chi connectivity index (χ4n) is 2.15. The number of benzene rings is 1. The third-order valence-corrected chi connectivity index (χ3v) is 3.88. The molecule has 2 nitrogen and oxygen atoms in total. The number of aryl methyl sites for hydroxylation is 1. The number of pyridine rings is 1. The standard InChI is InChI=1S/C15H13BrN2/c1-11-5-2-3-6-12(11)9-15-17-10-14-13(16)7-4-8-18(14)15/h2-8,10H,9H2,1H3. The lowest BCUT2D eigenvalue weighted by molar-refractivity contribution is 0.953. The summed E-state index contributed by atoms with van der Waals surface area (Å²) >= 11 is 3.55. The van der Waals surface area contributed by atoms with Gasteiger partial charge in [-0.15, -0.1) is 0 Å². The molecule has 0 bridgehead atoms. The van der Waals surface area contributed by atoms with Crippen LogP contribution in [0.5, 0.6) is 0 Å². The molecule has 3 heteroatoms. The second kappa shape index (κ2) is 4.58. The molecule has 0 aliphatic heterocycles. The highest BCUT2D eigenvalue weighted by atomic mass is 79.9. The molecule has 0 atom stereocenters. The van der Waals surface area contributed by atoms with E-state index in [0.29, 0.717) is 0 Å². The Hall–Kier alpha value is -1.61. The van der Waals surface area contributed by atoms with Crippen LogP contribution in [0.2, 0.25) is 0 Å². The number of nitrogens with zero attached hydrogens (tertiary/aromatic N) is 2. The van der Waals surface area contributed by atoms with Crippen LogP contribution in [-0.4, -0.2) is 9.38 Å². The molecule has 2 aromatic heterocycles. The fourth-order valence-corrected chi connectivity index (χ4v) is 2.60. The Balaban J connectivity index is 2.06. The van der Waals surface area contributed by atoms with Gasteiger partial charge in [-0.05, 0) is 46.1 Å². The Morgan fingerprint density at radius 2 is 2.00 bits per heavy atom. The first-order valence-corrected chi connectivity index (χ1v) is 6.70. The lowest BCUT2D eigenvalue weighted by Crippen LogP contribution is -1.98. The first-order valence-electron chi connectivity index (χ1n) is 5.90. The summed E-state index contributed by atoms with van der Waals surface area (Å²) < 4.78 is 3.21. The maximum atomic E-state index is 4.53. The molecular weight excluding hydrogens is 288 g/mol. The highest BCUT2D eigenvalue weighted by Crippen LogP contribution is 2.20. The van der Waals surface area contributed by atoms with Crippen LogP contribution in [0.1, 0.15) is 17.0 Å². The SMILES string of the molecule is Cc1ccccc1Cc1ncc2c(Br)cccn12. The minimum atomic E-state index is 0.858. The van der Waals surface area contributed by atoms with Crippen molar-refractivity contribution in [2.75, 3.05) is 0 Å². The molecule has 3 rings (SSSR count). The highest BCUT2D eigenvalue weighted by molar-refractivity contribution is 9.10. The molecular formula is C15H13BrN2. The van der Waals surface area contributed by atoms with Gasteiger partial charge in [0.15, 0.2) is 0 Å². The second-order valence-electron chi connectivity index (χ2n) is 4.39. The highest BCUT2D eigenvalue weighted by Gasteiger charge is 2.07. The predicted molar refractivity (Wildman–Crippen MR) is 76.9 cm³/mol. The quantitative estimate of drug-likeness (QED) is 0.699. The van der Waals surface area contributed by atoms with Crippen molar-refractivity contribution in [2.45, 2.75) is 13.3 Å². The van der Waals surface area contributed by atoms with Gasteiger partial charge in [-0.2, -0.15) is 0 Å². The summed E-state index contributed by atoms with van der Waals surface area (Å²) in [5.74, 6) is 1.07. The zero-order valence-electron chi connectivity index (χ0n) is 10.1. The van der Waals surface area contributed by atoms with E-state index in [-0.39, 0.29) is 0 Å². The van der Waals surface area contributed by atoms with E-state index in [1.165, 1.54) is 11.1 Å². The predicted octanol–water partition coefficient (Wildman–Crippen LogP) is 4.00. The lowest BCUT2D eigenvalue weighted by atomic mass is 10.1. The van der Waals surface area contributed by atoms with Gasteiger partial charge in [-0.3, -0.25) is 0 Å². The Morgan fingerprint density at radius 3 is 2.83 bits per heavy atom. The van der Waals surface area contributed by atoms with Crippen molar-refractivity contribution in [3.8, 4) is 0 Å². The molecule has 0 radical (unpaired) electrons. The van der Waals surface area contributed by atoms with Gasteiger partial charge in [0, 0.05) is 17.1 Å². The van der Waals surface area contributed by atoms with Gasteiger partial charge in [0.1, 0.15) is 5.82 Å². The molecule has 0 aliphatic rings. The minimum absolute atomic E-state index is 0.858. The molecule has 0 saturated heterocycles. The van der Waals surface area contributed by atoms with Crippen molar-refractivity contribution in [2.24, 2.45) is 0 Å². The Bertz CT molecular complexity index is 701. The van der Waals surface area contributed by atoms with Gasteiger partial charge >= 0.3 is 0 Å². The first-order chi connectivity index (χ1) is 8.75. The molecule has 0 saturated carbocycles. The minimum Gasteiger partial charge on any atom is -0.302 e. The zero-order valence-corrected chi connectivity index (χ0v) is 11.7. The summed E-state index contributed by atoms with van der Waals surface area (Å²) in [5.41, 5.74) is 3.75. The average molecular weight is 301 g/mol. The molecule has 0 aliphatic carbocycles. The third-order valence-electron chi connectivity index (χ3n) is 3.21. The van der Waals surface area contributed by atoms with Gasteiger partial charge in [0.2, 0.25) is 0 Å². The van der Waals surface area contributed by atoms with Gasteiger partial charge in [-0.25, -0.2) is 4.98 Å². The Labute approximate surface area is 114 Å². The van der Waals surface area contributed by atoms with Crippen molar-refractivity contribution < 1.29 is 0 Å². The number of aromatic nitrogens is 2. The lowest BCUT2D eigenvalue weighted by Gasteiger charge is -2.05. The Kier molecular flexibility index (Phi) is 2.92. The summed E-state index contributed by atoms with van der Waals surface area (Å²) in [6, 6.07) is 12.5. The van der Waals surface area contributed by atoms with Crippen LogP contribution in [0.15, 0.2) is 53.3 Å².